The molecule has 0 aromatic carbocycles. The van der Waals surface area contributed by atoms with Crippen molar-refractivity contribution in [2.24, 2.45) is 0 Å². The molecular weight excluding hydrogens is 218 g/mol. The molecule has 0 saturated carbocycles. The van der Waals surface area contributed by atoms with E-state index in [1.807, 2.05) is 0 Å². The molecule has 0 aliphatic rings. The summed E-state index contributed by atoms with van der Waals surface area (Å²) in [7, 11) is -1.55. The predicted molar refractivity (Wildman–Crippen MR) is 58.2 cm³/mol. The lowest BCUT2D eigenvalue weighted by molar-refractivity contribution is -0.140. The molecule has 0 aliphatic carbocycles. The maximum atomic E-state index is 10.7. The van der Waals surface area contributed by atoms with Gasteiger partial charge < -0.3 is 10.1 Å². The molecule has 0 bridgehead atoms. The van der Waals surface area contributed by atoms with Crippen LogP contribution in [0.5, 0.6) is 0 Å². The summed E-state index contributed by atoms with van der Waals surface area (Å²) in [4.78, 5) is 10.7. The van der Waals surface area contributed by atoms with Gasteiger partial charge in [-0.2, -0.15) is 0 Å². The Kier molecular flexibility index (Phi) is 7.33. The van der Waals surface area contributed by atoms with Crippen molar-refractivity contribution in [1.29, 1.82) is 0 Å². The van der Waals surface area contributed by atoms with Crippen LogP contribution in [0.15, 0.2) is 0 Å². The van der Waals surface area contributed by atoms with Crippen molar-refractivity contribution >= 4 is 15.8 Å². The van der Waals surface area contributed by atoms with Gasteiger partial charge in [0.1, 0.15) is 0 Å². The number of carbonyl (C=O) groups is 1. The van der Waals surface area contributed by atoms with Crippen molar-refractivity contribution in [2.45, 2.75) is 25.7 Å². The number of hydrogen-bond acceptors (Lipinski definition) is 5. The average molecular weight is 237 g/mol. The number of sulfone groups is 1. The van der Waals surface area contributed by atoms with E-state index < -0.39 is 9.84 Å². The average Bonchev–Trinajstić information content (AvgIpc) is 2.14. The zero-order chi connectivity index (χ0) is 11.7. The quantitative estimate of drug-likeness (QED) is 0.486. The molecule has 0 aromatic heterocycles. The summed E-state index contributed by atoms with van der Waals surface area (Å²) in [6.07, 6.45) is 4.17. The Morgan fingerprint density at radius 3 is 2.47 bits per heavy atom. The molecule has 0 radical (unpaired) electrons. The van der Waals surface area contributed by atoms with Crippen molar-refractivity contribution in [3.05, 3.63) is 0 Å². The molecule has 0 fully saturated rings. The highest BCUT2D eigenvalue weighted by molar-refractivity contribution is 7.90. The molecule has 0 saturated heterocycles. The van der Waals surface area contributed by atoms with Crippen LogP contribution in [-0.4, -0.2) is 40.2 Å². The molecule has 0 amide bonds. The molecule has 15 heavy (non-hydrogen) atoms. The summed E-state index contributed by atoms with van der Waals surface area (Å²) in [5.74, 6) is -0.177. The van der Waals surface area contributed by atoms with Crippen LogP contribution in [0.25, 0.3) is 0 Å². The molecule has 0 unspecified atom stereocenters. The monoisotopic (exact) mass is 237 g/mol. The molecule has 0 aromatic rings. The zero-order valence-corrected chi connectivity index (χ0v) is 10.1. The van der Waals surface area contributed by atoms with Gasteiger partial charge >= 0.3 is 5.97 Å². The first kappa shape index (κ1) is 14.4. The van der Waals surface area contributed by atoms with Crippen LogP contribution < -0.4 is 5.32 Å². The Bertz CT molecular complexity index is 274. The lowest BCUT2D eigenvalue weighted by Crippen LogP contribution is -2.23. The lowest BCUT2D eigenvalue weighted by atomic mass is 10.2. The van der Waals surface area contributed by atoms with Crippen LogP contribution in [0.3, 0.4) is 0 Å². The Balaban J connectivity index is 3.23. The second kappa shape index (κ2) is 7.64. The highest BCUT2D eigenvalue weighted by Crippen LogP contribution is 1.99. The summed E-state index contributed by atoms with van der Waals surface area (Å²) in [5, 5.41) is 2.82. The van der Waals surface area contributed by atoms with Crippen LogP contribution >= 0.6 is 0 Å². The SMILES string of the molecule is COC(=O)CCCCCNCS(C)(=O)=O. The second-order valence-corrected chi connectivity index (χ2v) is 5.60. The first-order chi connectivity index (χ1) is 6.95. The third-order valence-electron chi connectivity index (χ3n) is 1.83. The molecule has 5 nitrogen and oxygen atoms in total. The van der Waals surface area contributed by atoms with Crippen molar-refractivity contribution in [3.63, 3.8) is 0 Å². The smallest absolute Gasteiger partial charge is 0.305 e. The van der Waals surface area contributed by atoms with Gasteiger partial charge in [-0.15, -0.1) is 0 Å². The van der Waals surface area contributed by atoms with Crippen LogP contribution in [0.4, 0.5) is 0 Å². The van der Waals surface area contributed by atoms with Gasteiger partial charge in [0.2, 0.25) is 0 Å². The maximum absolute atomic E-state index is 10.7. The van der Waals surface area contributed by atoms with E-state index >= 15 is 0 Å². The van der Waals surface area contributed by atoms with E-state index in [1.165, 1.54) is 13.4 Å². The normalized spacial score (nSPS) is 11.3. The van der Waals surface area contributed by atoms with Gasteiger partial charge in [-0.05, 0) is 19.4 Å². The molecule has 0 spiro atoms. The Hall–Kier alpha value is -0.620. The largest absolute Gasteiger partial charge is 0.469 e. The minimum Gasteiger partial charge on any atom is -0.469 e. The van der Waals surface area contributed by atoms with E-state index in [-0.39, 0.29) is 11.8 Å². The summed E-state index contributed by atoms with van der Waals surface area (Å²) < 4.78 is 25.9. The summed E-state index contributed by atoms with van der Waals surface area (Å²) in [5.41, 5.74) is 0. The topological polar surface area (TPSA) is 72.5 Å². The van der Waals surface area contributed by atoms with Crippen LogP contribution in [0.1, 0.15) is 25.7 Å². The van der Waals surface area contributed by atoms with Crippen molar-refractivity contribution in [3.8, 4) is 0 Å². The van der Waals surface area contributed by atoms with Gasteiger partial charge in [0.25, 0.3) is 0 Å². The Morgan fingerprint density at radius 1 is 1.27 bits per heavy atom. The summed E-state index contributed by atoms with van der Waals surface area (Å²) in [6.45, 7) is 0.661. The van der Waals surface area contributed by atoms with E-state index in [2.05, 4.69) is 10.1 Å². The van der Waals surface area contributed by atoms with E-state index in [0.29, 0.717) is 13.0 Å². The molecular formula is C9H19NO4S. The summed E-state index contributed by atoms with van der Waals surface area (Å²) >= 11 is 0. The molecule has 90 valence electrons. The minimum atomic E-state index is -2.92. The number of esters is 1. The fraction of sp³-hybridized carbons (Fsp3) is 0.889. The van der Waals surface area contributed by atoms with Crippen LogP contribution in [0, 0.1) is 0 Å². The molecule has 6 heteroatoms. The van der Waals surface area contributed by atoms with E-state index in [9.17, 15) is 13.2 Å². The third kappa shape index (κ3) is 11.3. The number of hydrogen-bond donors (Lipinski definition) is 1. The number of carbonyl (C=O) groups excluding carboxylic acids is 1. The zero-order valence-electron chi connectivity index (χ0n) is 9.28. The maximum Gasteiger partial charge on any atom is 0.305 e. The molecule has 0 heterocycles. The molecule has 1 N–H and O–H groups in total. The second-order valence-electron chi connectivity index (χ2n) is 3.46. The fourth-order valence-corrected chi connectivity index (χ4v) is 1.57. The molecule has 0 rings (SSSR count). The van der Waals surface area contributed by atoms with Gasteiger partial charge in [0, 0.05) is 12.7 Å². The van der Waals surface area contributed by atoms with Crippen molar-refractivity contribution < 1.29 is 17.9 Å². The highest BCUT2D eigenvalue weighted by atomic mass is 32.2. The lowest BCUT2D eigenvalue weighted by Gasteiger charge is -2.02. The van der Waals surface area contributed by atoms with Gasteiger partial charge in [-0.25, -0.2) is 8.42 Å². The third-order valence-corrected chi connectivity index (χ3v) is 2.55. The van der Waals surface area contributed by atoms with Gasteiger partial charge in [0.05, 0.1) is 13.0 Å². The number of ether oxygens (including phenoxy) is 1. The number of methoxy groups -OCH3 is 1. The number of rotatable bonds is 8. The fourth-order valence-electron chi connectivity index (χ4n) is 1.06. The van der Waals surface area contributed by atoms with E-state index in [4.69, 9.17) is 0 Å². The highest BCUT2D eigenvalue weighted by Gasteiger charge is 2.01. The Morgan fingerprint density at radius 2 is 1.93 bits per heavy atom. The summed E-state index contributed by atoms with van der Waals surface area (Å²) in [6, 6.07) is 0. The van der Waals surface area contributed by atoms with Gasteiger partial charge in [-0.3, -0.25) is 4.79 Å². The van der Waals surface area contributed by atoms with Crippen molar-refractivity contribution in [1.82, 2.24) is 5.32 Å². The van der Waals surface area contributed by atoms with Gasteiger partial charge in [0.15, 0.2) is 9.84 Å². The van der Waals surface area contributed by atoms with E-state index in [1.54, 1.807) is 0 Å². The van der Waals surface area contributed by atoms with Gasteiger partial charge in [-0.1, -0.05) is 6.42 Å². The number of unbranched alkanes of at least 4 members (excludes halogenated alkanes) is 2. The Labute approximate surface area is 91.1 Å². The minimum absolute atomic E-state index is 0.0179. The van der Waals surface area contributed by atoms with E-state index in [0.717, 1.165) is 19.3 Å². The number of nitrogens with one attached hydrogen (secondary N) is 1. The van der Waals surface area contributed by atoms with Crippen molar-refractivity contribution in [2.75, 3.05) is 25.8 Å². The standard InChI is InChI=1S/C9H19NO4S/c1-14-9(11)6-4-3-5-7-10-8-15(2,12)13/h10H,3-8H2,1-2H3. The first-order valence-corrected chi connectivity index (χ1v) is 6.97. The molecule has 0 atom stereocenters. The predicted octanol–water partition coefficient (Wildman–Crippen LogP) is 0.312. The van der Waals surface area contributed by atoms with Crippen LogP contribution in [0.2, 0.25) is 0 Å². The first-order valence-electron chi connectivity index (χ1n) is 4.91. The molecule has 0 aliphatic heterocycles. The van der Waals surface area contributed by atoms with Crippen LogP contribution in [-0.2, 0) is 19.4 Å².